The molecule has 0 aromatic rings. The molecule has 0 aromatic heterocycles. The lowest BCUT2D eigenvalue weighted by atomic mass is 9.93. The molecule has 0 N–H and O–H groups in total. The first-order valence-electron chi connectivity index (χ1n) is 4.53. The van der Waals surface area contributed by atoms with Crippen molar-refractivity contribution in [2.45, 2.75) is 39.5 Å². The SMILES string of the molecule is CCCCC(C#N)CC(C)C#N. The van der Waals surface area contributed by atoms with E-state index in [2.05, 4.69) is 19.1 Å². The summed E-state index contributed by atoms with van der Waals surface area (Å²) in [5.74, 6) is 0.103. The summed E-state index contributed by atoms with van der Waals surface area (Å²) in [5.41, 5.74) is 0. The van der Waals surface area contributed by atoms with E-state index in [-0.39, 0.29) is 11.8 Å². The van der Waals surface area contributed by atoms with Crippen molar-refractivity contribution in [3.63, 3.8) is 0 Å². The quantitative estimate of drug-likeness (QED) is 0.627. The van der Waals surface area contributed by atoms with Crippen LogP contribution in [0, 0.1) is 34.5 Å². The molecule has 0 aliphatic heterocycles. The van der Waals surface area contributed by atoms with E-state index < -0.39 is 0 Å². The molecule has 2 unspecified atom stereocenters. The number of nitriles is 2. The predicted octanol–water partition coefficient (Wildman–Crippen LogP) is 2.87. The van der Waals surface area contributed by atoms with E-state index in [0.29, 0.717) is 0 Å². The summed E-state index contributed by atoms with van der Waals surface area (Å²) in [7, 11) is 0. The number of rotatable bonds is 5. The van der Waals surface area contributed by atoms with Gasteiger partial charge in [0.15, 0.2) is 0 Å². The van der Waals surface area contributed by atoms with Crippen LogP contribution in [0.1, 0.15) is 39.5 Å². The van der Waals surface area contributed by atoms with Crippen molar-refractivity contribution in [2.75, 3.05) is 0 Å². The van der Waals surface area contributed by atoms with Crippen molar-refractivity contribution < 1.29 is 0 Å². The van der Waals surface area contributed by atoms with Crippen LogP contribution in [0.15, 0.2) is 0 Å². The highest BCUT2D eigenvalue weighted by molar-refractivity contribution is 4.89. The number of hydrogen-bond donors (Lipinski definition) is 0. The summed E-state index contributed by atoms with van der Waals surface area (Å²) >= 11 is 0. The second kappa shape index (κ2) is 6.68. The maximum Gasteiger partial charge on any atom is 0.0656 e. The van der Waals surface area contributed by atoms with Crippen molar-refractivity contribution in [3.05, 3.63) is 0 Å². The molecule has 0 aliphatic rings. The van der Waals surface area contributed by atoms with Crippen LogP contribution in [-0.4, -0.2) is 0 Å². The standard InChI is InChI=1S/C10H16N2/c1-3-4-5-10(8-12)6-9(2)7-11/h9-10H,3-6H2,1-2H3. The van der Waals surface area contributed by atoms with Crippen molar-refractivity contribution in [2.24, 2.45) is 11.8 Å². The normalized spacial score (nSPS) is 14.3. The van der Waals surface area contributed by atoms with Gasteiger partial charge in [-0.1, -0.05) is 19.8 Å². The van der Waals surface area contributed by atoms with Crippen LogP contribution in [0.3, 0.4) is 0 Å². The second-order valence-corrected chi connectivity index (χ2v) is 3.23. The highest BCUT2D eigenvalue weighted by atomic mass is 14.3. The molecule has 0 fully saturated rings. The maximum absolute atomic E-state index is 8.74. The summed E-state index contributed by atoms with van der Waals surface area (Å²) in [4.78, 5) is 0. The summed E-state index contributed by atoms with van der Waals surface area (Å²) < 4.78 is 0. The number of hydrogen-bond acceptors (Lipinski definition) is 2. The third-order valence-corrected chi connectivity index (χ3v) is 1.95. The Balaban J connectivity index is 3.71. The highest BCUT2D eigenvalue weighted by Gasteiger charge is 2.10. The smallest absolute Gasteiger partial charge is 0.0656 e. The van der Waals surface area contributed by atoms with E-state index in [0.717, 1.165) is 25.7 Å². The van der Waals surface area contributed by atoms with Crippen LogP contribution in [0.2, 0.25) is 0 Å². The van der Waals surface area contributed by atoms with Gasteiger partial charge >= 0.3 is 0 Å². The van der Waals surface area contributed by atoms with E-state index in [1.807, 2.05) is 6.92 Å². The van der Waals surface area contributed by atoms with Gasteiger partial charge in [0.1, 0.15) is 0 Å². The third kappa shape index (κ3) is 4.74. The molecule has 2 heteroatoms. The zero-order valence-electron chi connectivity index (χ0n) is 7.88. The largest absolute Gasteiger partial charge is 0.198 e. The molecule has 12 heavy (non-hydrogen) atoms. The Kier molecular flexibility index (Phi) is 6.11. The van der Waals surface area contributed by atoms with E-state index in [9.17, 15) is 0 Å². The topological polar surface area (TPSA) is 47.6 Å². The summed E-state index contributed by atoms with van der Waals surface area (Å²) in [5, 5.41) is 17.3. The summed E-state index contributed by atoms with van der Waals surface area (Å²) in [6.45, 7) is 3.98. The van der Waals surface area contributed by atoms with Crippen molar-refractivity contribution in [1.82, 2.24) is 0 Å². The molecular weight excluding hydrogens is 148 g/mol. The molecule has 0 radical (unpaired) electrons. The second-order valence-electron chi connectivity index (χ2n) is 3.23. The minimum Gasteiger partial charge on any atom is -0.198 e. The summed E-state index contributed by atoms with van der Waals surface area (Å²) in [6, 6.07) is 4.41. The van der Waals surface area contributed by atoms with Gasteiger partial charge < -0.3 is 0 Å². The molecule has 0 amide bonds. The first-order valence-corrected chi connectivity index (χ1v) is 4.53. The third-order valence-electron chi connectivity index (χ3n) is 1.95. The first kappa shape index (κ1) is 11.0. The minimum atomic E-state index is 0.0199. The number of unbranched alkanes of at least 4 members (excludes halogenated alkanes) is 1. The van der Waals surface area contributed by atoms with Crippen LogP contribution < -0.4 is 0 Å². The van der Waals surface area contributed by atoms with Crippen LogP contribution in [0.25, 0.3) is 0 Å². The van der Waals surface area contributed by atoms with Crippen LogP contribution in [0.4, 0.5) is 0 Å². The van der Waals surface area contributed by atoms with Gasteiger partial charge in [-0.05, 0) is 19.8 Å². The highest BCUT2D eigenvalue weighted by Crippen LogP contribution is 2.16. The van der Waals surface area contributed by atoms with Gasteiger partial charge in [-0.3, -0.25) is 0 Å². The first-order chi connectivity index (χ1) is 5.74. The lowest BCUT2D eigenvalue weighted by molar-refractivity contribution is 0.478. The average Bonchev–Trinajstić information content (AvgIpc) is 2.11. The lowest BCUT2D eigenvalue weighted by Crippen LogP contribution is -2.02. The number of nitrogens with zero attached hydrogens (tertiary/aromatic N) is 2. The Hall–Kier alpha value is -1.02. The Bertz CT molecular complexity index is 185. The Labute approximate surface area is 74.8 Å². The van der Waals surface area contributed by atoms with Gasteiger partial charge in [0.2, 0.25) is 0 Å². The van der Waals surface area contributed by atoms with Gasteiger partial charge in [-0.15, -0.1) is 0 Å². The van der Waals surface area contributed by atoms with Gasteiger partial charge in [0.25, 0.3) is 0 Å². The van der Waals surface area contributed by atoms with E-state index in [4.69, 9.17) is 10.5 Å². The van der Waals surface area contributed by atoms with Crippen molar-refractivity contribution in [1.29, 1.82) is 10.5 Å². The molecule has 66 valence electrons. The fourth-order valence-electron chi connectivity index (χ4n) is 1.17. The Morgan fingerprint density at radius 3 is 2.33 bits per heavy atom. The molecule has 2 atom stereocenters. The molecule has 0 spiro atoms. The Morgan fingerprint density at radius 1 is 1.25 bits per heavy atom. The van der Waals surface area contributed by atoms with Crippen LogP contribution >= 0.6 is 0 Å². The predicted molar refractivity (Wildman–Crippen MR) is 48.0 cm³/mol. The van der Waals surface area contributed by atoms with E-state index >= 15 is 0 Å². The van der Waals surface area contributed by atoms with Gasteiger partial charge in [-0.2, -0.15) is 10.5 Å². The zero-order chi connectivity index (χ0) is 9.40. The molecule has 0 bridgehead atoms. The summed E-state index contributed by atoms with van der Waals surface area (Å²) in [6.07, 6.45) is 3.89. The molecule has 0 saturated heterocycles. The van der Waals surface area contributed by atoms with Gasteiger partial charge in [0, 0.05) is 11.8 Å². The fourth-order valence-corrected chi connectivity index (χ4v) is 1.17. The lowest BCUT2D eigenvalue weighted by Gasteiger charge is -2.08. The molecule has 2 nitrogen and oxygen atoms in total. The average molecular weight is 164 g/mol. The minimum absolute atomic E-state index is 0.0199. The monoisotopic (exact) mass is 164 g/mol. The van der Waals surface area contributed by atoms with Gasteiger partial charge in [0.05, 0.1) is 12.1 Å². The van der Waals surface area contributed by atoms with Crippen LogP contribution in [0.5, 0.6) is 0 Å². The van der Waals surface area contributed by atoms with E-state index in [1.54, 1.807) is 0 Å². The molecule has 0 aromatic carbocycles. The molecule has 0 aliphatic carbocycles. The molecule has 0 rings (SSSR count). The maximum atomic E-state index is 8.74. The van der Waals surface area contributed by atoms with Gasteiger partial charge in [-0.25, -0.2) is 0 Å². The van der Waals surface area contributed by atoms with E-state index in [1.165, 1.54) is 0 Å². The molecular formula is C10H16N2. The Morgan fingerprint density at radius 2 is 1.92 bits per heavy atom. The van der Waals surface area contributed by atoms with Crippen molar-refractivity contribution in [3.8, 4) is 12.1 Å². The van der Waals surface area contributed by atoms with Crippen LogP contribution in [-0.2, 0) is 0 Å². The zero-order valence-corrected chi connectivity index (χ0v) is 7.88. The molecule has 0 heterocycles. The fraction of sp³-hybridized carbons (Fsp3) is 0.800. The van der Waals surface area contributed by atoms with Crippen molar-refractivity contribution >= 4 is 0 Å². The molecule has 0 saturated carbocycles.